The van der Waals surface area contributed by atoms with Gasteiger partial charge in [0.05, 0.1) is 22.9 Å². The van der Waals surface area contributed by atoms with Gasteiger partial charge >= 0.3 is 0 Å². The van der Waals surface area contributed by atoms with Gasteiger partial charge in [0.1, 0.15) is 5.82 Å². The standard InChI is InChI=1S/C18H19N7/c1-12(2)23-18-20-9-13(10-21-18)17-19-6-7-25(17)14-4-5-15-16(8-14)24(3)11-22-15/h4-12H,1-3H3,(H,20,21,23). The number of anilines is 1. The maximum Gasteiger partial charge on any atom is 0.222 e. The molecule has 0 spiro atoms. The van der Waals surface area contributed by atoms with Gasteiger partial charge in [-0.05, 0) is 32.0 Å². The van der Waals surface area contributed by atoms with Crippen LogP contribution in [0.25, 0.3) is 28.1 Å². The van der Waals surface area contributed by atoms with Crippen molar-refractivity contribution in [3.8, 4) is 17.1 Å². The molecule has 0 radical (unpaired) electrons. The van der Waals surface area contributed by atoms with Crippen LogP contribution in [0.3, 0.4) is 0 Å². The van der Waals surface area contributed by atoms with Gasteiger partial charge in [-0.3, -0.25) is 4.57 Å². The van der Waals surface area contributed by atoms with Gasteiger partial charge in [-0.15, -0.1) is 0 Å². The van der Waals surface area contributed by atoms with E-state index in [9.17, 15) is 0 Å². The second kappa shape index (κ2) is 6.01. The van der Waals surface area contributed by atoms with Crippen LogP contribution in [-0.2, 0) is 7.05 Å². The summed E-state index contributed by atoms with van der Waals surface area (Å²) in [5.41, 5.74) is 3.93. The van der Waals surface area contributed by atoms with Crippen molar-refractivity contribution in [2.24, 2.45) is 7.05 Å². The smallest absolute Gasteiger partial charge is 0.222 e. The molecule has 1 aromatic carbocycles. The molecule has 4 rings (SSSR count). The minimum absolute atomic E-state index is 0.290. The van der Waals surface area contributed by atoms with Crippen molar-refractivity contribution in [2.45, 2.75) is 19.9 Å². The summed E-state index contributed by atoms with van der Waals surface area (Å²) in [5.74, 6) is 1.42. The zero-order chi connectivity index (χ0) is 17.4. The fourth-order valence-electron chi connectivity index (χ4n) is 2.77. The largest absolute Gasteiger partial charge is 0.352 e. The molecule has 25 heavy (non-hydrogen) atoms. The molecule has 4 aromatic rings. The third kappa shape index (κ3) is 2.84. The first kappa shape index (κ1) is 15.3. The molecule has 1 N–H and O–H groups in total. The van der Waals surface area contributed by atoms with Crippen molar-refractivity contribution >= 4 is 17.0 Å². The van der Waals surface area contributed by atoms with Gasteiger partial charge in [0.25, 0.3) is 0 Å². The lowest BCUT2D eigenvalue weighted by molar-refractivity contribution is 0.874. The summed E-state index contributed by atoms with van der Waals surface area (Å²) in [6.07, 6.45) is 9.12. The molecular weight excluding hydrogens is 314 g/mol. The van der Waals surface area contributed by atoms with Crippen LogP contribution in [0.1, 0.15) is 13.8 Å². The van der Waals surface area contributed by atoms with E-state index in [4.69, 9.17) is 0 Å². The lowest BCUT2D eigenvalue weighted by atomic mass is 10.2. The van der Waals surface area contributed by atoms with Crippen molar-refractivity contribution in [1.29, 1.82) is 0 Å². The molecule has 0 saturated heterocycles. The number of fused-ring (bicyclic) bond motifs is 1. The van der Waals surface area contributed by atoms with Crippen LogP contribution in [0.5, 0.6) is 0 Å². The zero-order valence-electron chi connectivity index (χ0n) is 14.4. The highest BCUT2D eigenvalue weighted by Crippen LogP contribution is 2.23. The van der Waals surface area contributed by atoms with Gasteiger partial charge in [0.2, 0.25) is 5.95 Å². The summed E-state index contributed by atoms with van der Waals surface area (Å²) in [7, 11) is 1.99. The zero-order valence-corrected chi connectivity index (χ0v) is 14.4. The number of aromatic nitrogens is 6. The minimum Gasteiger partial charge on any atom is -0.352 e. The Bertz CT molecular complexity index is 1010. The highest BCUT2D eigenvalue weighted by molar-refractivity contribution is 5.78. The quantitative estimate of drug-likeness (QED) is 0.621. The van der Waals surface area contributed by atoms with Gasteiger partial charge in [0, 0.05) is 43.6 Å². The minimum atomic E-state index is 0.290. The van der Waals surface area contributed by atoms with Crippen molar-refractivity contribution in [1.82, 2.24) is 29.1 Å². The first-order chi connectivity index (χ1) is 12.1. The molecule has 0 aliphatic carbocycles. The normalized spacial score (nSPS) is 11.4. The third-order valence-corrected chi connectivity index (χ3v) is 3.96. The number of imidazole rings is 2. The molecule has 0 amide bonds. The summed E-state index contributed by atoms with van der Waals surface area (Å²) < 4.78 is 4.03. The second-order valence-electron chi connectivity index (χ2n) is 6.24. The number of benzene rings is 1. The van der Waals surface area contributed by atoms with Crippen LogP contribution >= 0.6 is 0 Å². The van der Waals surface area contributed by atoms with E-state index in [1.807, 2.05) is 40.8 Å². The average molecular weight is 333 g/mol. The molecule has 0 bridgehead atoms. The predicted molar refractivity (Wildman–Crippen MR) is 97.6 cm³/mol. The van der Waals surface area contributed by atoms with Gasteiger partial charge in [-0.2, -0.15) is 0 Å². The Morgan fingerprint density at radius 2 is 1.84 bits per heavy atom. The highest BCUT2D eigenvalue weighted by atomic mass is 15.1. The first-order valence-corrected chi connectivity index (χ1v) is 8.15. The highest BCUT2D eigenvalue weighted by Gasteiger charge is 2.11. The molecule has 7 nitrogen and oxygen atoms in total. The third-order valence-electron chi connectivity index (χ3n) is 3.96. The van der Waals surface area contributed by atoms with E-state index in [1.165, 1.54) is 0 Å². The Morgan fingerprint density at radius 3 is 2.60 bits per heavy atom. The Labute approximate surface area is 145 Å². The fourth-order valence-corrected chi connectivity index (χ4v) is 2.77. The number of aryl methyl sites for hydroxylation is 1. The number of nitrogens with one attached hydrogen (secondary N) is 1. The van der Waals surface area contributed by atoms with E-state index in [0.29, 0.717) is 12.0 Å². The summed E-state index contributed by atoms with van der Waals surface area (Å²) in [4.78, 5) is 17.6. The van der Waals surface area contributed by atoms with E-state index in [2.05, 4.69) is 45.2 Å². The number of hydrogen-bond donors (Lipinski definition) is 1. The Morgan fingerprint density at radius 1 is 1.04 bits per heavy atom. The van der Waals surface area contributed by atoms with Gasteiger partial charge in [-0.25, -0.2) is 19.9 Å². The molecule has 0 saturated carbocycles. The summed E-state index contributed by atoms with van der Waals surface area (Å²) >= 11 is 0. The van der Waals surface area contributed by atoms with Crippen LogP contribution in [0, 0.1) is 0 Å². The van der Waals surface area contributed by atoms with Crippen molar-refractivity contribution < 1.29 is 0 Å². The van der Waals surface area contributed by atoms with Crippen molar-refractivity contribution in [3.05, 3.63) is 49.3 Å². The van der Waals surface area contributed by atoms with Gasteiger partial charge < -0.3 is 9.88 Å². The van der Waals surface area contributed by atoms with E-state index < -0.39 is 0 Å². The monoisotopic (exact) mass is 333 g/mol. The topological polar surface area (TPSA) is 73.5 Å². The van der Waals surface area contributed by atoms with E-state index in [-0.39, 0.29) is 0 Å². The summed E-state index contributed by atoms with van der Waals surface area (Å²) in [5, 5.41) is 3.19. The predicted octanol–water partition coefficient (Wildman–Crippen LogP) is 3.04. The number of hydrogen-bond acceptors (Lipinski definition) is 5. The Balaban J connectivity index is 1.73. The van der Waals surface area contributed by atoms with E-state index in [1.54, 1.807) is 18.6 Å². The van der Waals surface area contributed by atoms with Crippen LogP contribution in [-0.4, -0.2) is 35.1 Å². The lowest BCUT2D eigenvalue weighted by Gasteiger charge is -2.10. The van der Waals surface area contributed by atoms with Crippen LogP contribution in [0.2, 0.25) is 0 Å². The lowest BCUT2D eigenvalue weighted by Crippen LogP contribution is -2.12. The molecule has 0 aliphatic heterocycles. The molecule has 3 heterocycles. The van der Waals surface area contributed by atoms with E-state index >= 15 is 0 Å². The van der Waals surface area contributed by atoms with Crippen molar-refractivity contribution in [3.63, 3.8) is 0 Å². The molecule has 0 atom stereocenters. The summed E-state index contributed by atoms with van der Waals surface area (Å²) in [6, 6.07) is 6.44. The van der Waals surface area contributed by atoms with E-state index in [0.717, 1.165) is 28.1 Å². The number of nitrogens with zero attached hydrogens (tertiary/aromatic N) is 6. The fraction of sp³-hybridized carbons (Fsp3) is 0.222. The second-order valence-corrected chi connectivity index (χ2v) is 6.24. The number of rotatable bonds is 4. The van der Waals surface area contributed by atoms with Crippen molar-refractivity contribution in [2.75, 3.05) is 5.32 Å². The molecule has 7 heteroatoms. The van der Waals surface area contributed by atoms with Gasteiger partial charge in [-0.1, -0.05) is 0 Å². The van der Waals surface area contributed by atoms with Crippen LogP contribution < -0.4 is 5.32 Å². The van der Waals surface area contributed by atoms with Crippen LogP contribution in [0.15, 0.2) is 49.3 Å². The SMILES string of the molecule is CC(C)Nc1ncc(-c2nccn2-c2ccc3ncn(C)c3c2)cn1. The summed E-state index contributed by atoms with van der Waals surface area (Å²) in [6.45, 7) is 4.11. The molecule has 0 fully saturated rings. The maximum atomic E-state index is 4.48. The first-order valence-electron chi connectivity index (χ1n) is 8.15. The molecule has 126 valence electrons. The molecular formula is C18H19N7. The maximum absolute atomic E-state index is 4.48. The Hall–Kier alpha value is -3.22. The average Bonchev–Trinajstić information content (AvgIpc) is 3.22. The van der Waals surface area contributed by atoms with Gasteiger partial charge in [0.15, 0.2) is 0 Å². The molecule has 3 aromatic heterocycles. The van der Waals surface area contributed by atoms with Crippen LogP contribution in [0.4, 0.5) is 5.95 Å². The molecule has 0 unspecified atom stereocenters. The molecule has 0 aliphatic rings. The Kier molecular flexibility index (Phi) is 3.68.